The third-order valence-electron chi connectivity index (χ3n) is 4.71. The van der Waals surface area contributed by atoms with Crippen molar-refractivity contribution in [1.29, 1.82) is 0 Å². The summed E-state index contributed by atoms with van der Waals surface area (Å²) in [7, 11) is 0. The first kappa shape index (κ1) is 18.3. The van der Waals surface area contributed by atoms with Gasteiger partial charge in [-0.15, -0.1) is 0 Å². The third-order valence-corrected chi connectivity index (χ3v) is 4.95. The van der Waals surface area contributed by atoms with E-state index in [1.807, 2.05) is 68.4 Å². The van der Waals surface area contributed by atoms with E-state index >= 15 is 0 Å². The van der Waals surface area contributed by atoms with Crippen molar-refractivity contribution in [2.75, 3.05) is 0 Å². The first-order chi connectivity index (χ1) is 13.5. The second kappa shape index (κ2) is 7.53. The van der Waals surface area contributed by atoms with E-state index in [4.69, 9.17) is 21.1 Å². The highest BCUT2D eigenvalue weighted by atomic mass is 35.5. The van der Waals surface area contributed by atoms with Gasteiger partial charge in [-0.25, -0.2) is 0 Å². The van der Waals surface area contributed by atoms with Crippen molar-refractivity contribution in [2.24, 2.45) is 0 Å². The molecule has 0 spiro atoms. The topological polar surface area (TPSA) is 35.5 Å². The molecular weight excluding hydrogens is 372 g/mol. The summed E-state index contributed by atoms with van der Waals surface area (Å²) in [4.78, 5) is 12.8. The molecule has 0 fully saturated rings. The number of carbonyl (C=O) groups is 1. The lowest BCUT2D eigenvalue weighted by Crippen LogP contribution is -2.00. The van der Waals surface area contributed by atoms with Gasteiger partial charge in [0.2, 0.25) is 5.78 Å². The number of Topliss-reactive ketones (excluding diaryl/α,β-unsaturated/α-hetero) is 1. The molecule has 0 radical (unpaired) electrons. The van der Waals surface area contributed by atoms with Crippen LogP contribution in [0.1, 0.15) is 32.6 Å². The quantitative estimate of drug-likeness (QED) is 0.501. The molecule has 0 unspecified atom stereocenters. The van der Waals surface area contributed by atoms with E-state index in [0.29, 0.717) is 34.5 Å². The van der Waals surface area contributed by atoms with Crippen LogP contribution in [0, 0.1) is 13.8 Å². The molecule has 0 saturated heterocycles. The smallest absolute Gasteiger partial charge is 0.232 e. The van der Waals surface area contributed by atoms with Gasteiger partial charge in [-0.2, -0.15) is 0 Å². The van der Waals surface area contributed by atoms with Gasteiger partial charge in [0.1, 0.15) is 18.1 Å². The Kier molecular flexibility index (Phi) is 4.93. The van der Waals surface area contributed by atoms with Gasteiger partial charge in [-0.05, 0) is 60.4 Å². The molecule has 3 aromatic carbocycles. The number of allylic oxidation sites excluding steroid dienone is 1. The zero-order chi connectivity index (χ0) is 19.7. The number of benzene rings is 3. The number of rotatable bonds is 4. The predicted molar refractivity (Wildman–Crippen MR) is 111 cm³/mol. The molecule has 0 aromatic heterocycles. The van der Waals surface area contributed by atoms with E-state index in [1.165, 1.54) is 0 Å². The number of carbonyl (C=O) groups excluding carboxylic acids is 1. The highest BCUT2D eigenvalue weighted by molar-refractivity contribution is 6.30. The molecule has 4 heteroatoms. The van der Waals surface area contributed by atoms with E-state index < -0.39 is 0 Å². The number of ketones is 1. The van der Waals surface area contributed by atoms with Gasteiger partial charge >= 0.3 is 0 Å². The molecule has 1 aliphatic heterocycles. The van der Waals surface area contributed by atoms with Crippen molar-refractivity contribution >= 4 is 23.5 Å². The van der Waals surface area contributed by atoms with Crippen molar-refractivity contribution in [3.05, 3.63) is 99.3 Å². The molecule has 0 bridgehead atoms. The molecule has 0 atom stereocenters. The Labute approximate surface area is 169 Å². The number of ether oxygens (including phenoxy) is 2. The Bertz CT molecular complexity index is 1100. The van der Waals surface area contributed by atoms with E-state index in [9.17, 15) is 4.79 Å². The maximum Gasteiger partial charge on any atom is 0.232 e. The van der Waals surface area contributed by atoms with Crippen LogP contribution >= 0.6 is 11.6 Å². The fraction of sp³-hybridized carbons (Fsp3) is 0.125. The van der Waals surface area contributed by atoms with E-state index in [2.05, 4.69) is 0 Å². The standard InChI is InChI=1S/C24H19ClO3/c1-15-6-3-4-8-18(15)12-22-24(26)23-16(2)10-20(13-21(23)28-22)27-14-17-7-5-9-19(25)11-17/h3-13H,14H2,1-2H3/b22-12-. The summed E-state index contributed by atoms with van der Waals surface area (Å²) in [5.74, 6) is 1.42. The van der Waals surface area contributed by atoms with Gasteiger partial charge < -0.3 is 9.47 Å². The molecule has 3 aromatic rings. The molecule has 0 N–H and O–H groups in total. The van der Waals surface area contributed by atoms with Crippen LogP contribution in [0.5, 0.6) is 11.5 Å². The Morgan fingerprint density at radius 3 is 2.61 bits per heavy atom. The molecule has 4 rings (SSSR count). The summed E-state index contributed by atoms with van der Waals surface area (Å²) >= 11 is 6.02. The van der Waals surface area contributed by atoms with Gasteiger partial charge in [0.15, 0.2) is 5.76 Å². The van der Waals surface area contributed by atoms with Crippen LogP contribution in [-0.2, 0) is 6.61 Å². The van der Waals surface area contributed by atoms with Crippen LogP contribution < -0.4 is 9.47 Å². The summed E-state index contributed by atoms with van der Waals surface area (Å²) in [5, 5.41) is 0.672. The Morgan fingerprint density at radius 2 is 1.82 bits per heavy atom. The van der Waals surface area contributed by atoms with E-state index in [0.717, 1.165) is 22.3 Å². The van der Waals surface area contributed by atoms with Crippen LogP contribution in [0.25, 0.3) is 6.08 Å². The first-order valence-electron chi connectivity index (χ1n) is 9.03. The lowest BCUT2D eigenvalue weighted by molar-refractivity contribution is 0.101. The van der Waals surface area contributed by atoms with E-state index in [1.54, 1.807) is 12.1 Å². The number of fused-ring (bicyclic) bond motifs is 1. The maximum absolute atomic E-state index is 12.8. The summed E-state index contributed by atoms with van der Waals surface area (Å²) in [6, 6.07) is 19.0. The van der Waals surface area contributed by atoms with Gasteiger partial charge in [0.05, 0.1) is 5.56 Å². The zero-order valence-electron chi connectivity index (χ0n) is 15.7. The van der Waals surface area contributed by atoms with Gasteiger partial charge in [0.25, 0.3) is 0 Å². The molecule has 0 aliphatic carbocycles. The highest BCUT2D eigenvalue weighted by Gasteiger charge is 2.30. The lowest BCUT2D eigenvalue weighted by atomic mass is 10.0. The Balaban J connectivity index is 1.58. The van der Waals surface area contributed by atoms with Gasteiger partial charge in [-0.1, -0.05) is 48.0 Å². The minimum atomic E-state index is -0.0999. The summed E-state index contributed by atoms with van der Waals surface area (Å²) in [6.45, 7) is 4.29. The SMILES string of the molecule is Cc1ccccc1/C=C1\Oc2cc(OCc3cccc(Cl)c3)cc(C)c2C1=O. The first-order valence-corrected chi connectivity index (χ1v) is 9.41. The summed E-state index contributed by atoms with van der Waals surface area (Å²) < 4.78 is 11.8. The minimum Gasteiger partial charge on any atom is -0.489 e. The lowest BCUT2D eigenvalue weighted by Gasteiger charge is -2.09. The molecule has 0 amide bonds. The summed E-state index contributed by atoms with van der Waals surface area (Å²) in [6.07, 6.45) is 1.80. The molecular formula is C24H19ClO3. The van der Waals surface area contributed by atoms with Crippen LogP contribution in [0.4, 0.5) is 0 Å². The maximum atomic E-state index is 12.8. The fourth-order valence-electron chi connectivity index (χ4n) is 3.24. The molecule has 3 nitrogen and oxygen atoms in total. The van der Waals surface area contributed by atoms with Crippen molar-refractivity contribution in [3.8, 4) is 11.5 Å². The van der Waals surface area contributed by atoms with Crippen LogP contribution in [0.15, 0.2) is 66.4 Å². The molecule has 28 heavy (non-hydrogen) atoms. The Morgan fingerprint density at radius 1 is 1.00 bits per heavy atom. The van der Waals surface area contributed by atoms with E-state index in [-0.39, 0.29) is 5.78 Å². The largest absolute Gasteiger partial charge is 0.489 e. The number of halogens is 1. The second-order valence-corrected chi connectivity index (χ2v) is 7.26. The average molecular weight is 391 g/mol. The fourth-order valence-corrected chi connectivity index (χ4v) is 3.46. The van der Waals surface area contributed by atoms with Crippen molar-refractivity contribution in [1.82, 2.24) is 0 Å². The van der Waals surface area contributed by atoms with Crippen LogP contribution in [-0.4, -0.2) is 5.78 Å². The van der Waals surface area contributed by atoms with Crippen molar-refractivity contribution < 1.29 is 14.3 Å². The monoisotopic (exact) mass is 390 g/mol. The summed E-state index contributed by atoms with van der Waals surface area (Å²) in [5.41, 5.74) is 4.45. The van der Waals surface area contributed by atoms with Crippen molar-refractivity contribution in [2.45, 2.75) is 20.5 Å². The molecule has 1 aliphatic rings. The average Bonchev–Trinajstić information content (AvgIpc) is 2.98. The second-order valence-electron chi connectivity index (χ2n) is 6.83. The van der Waals surface area contributed by atoms with Crippen LogP contribution in [0.2, 0.25) is 5.02 Å². The molecule has 0 saturated carbocycles. The number of hydrogen-bond donors (Lipinski definition) is 0. The van der Waals surface area contributed by atoms with Gasteiger partial charge in [-0.3, -0.25) is 4.79 Å². The molecule has 140 valence electrons. The van der Waals surface area contributed by atoms with Crippen molar-refractivity contribution in [3.63, 3.8) is 0 Å². The molecule has 1 heterocycles. The number of hydrogen-bond acceptors (Lipinski definition) is 3. The zero-order valence-corrected chi connectivity index (χ0v) is 16.4. The Hall–Kier alpha value is -3.04. The highest BCUT2D eigenvalue weighted by Crippen LogP contribution is 2.38. The van der Waals surface area contributed by atoms with Gasteiger partial charge in [0, 0.05) is 11.1 Å². The minimum absolute atomic E-state index is 0.0999. The predicted octanol–water partition coefficient (Wildman–Crippen LogP) is 6.15. The normalized spacial score (nSPS) is 14.1. The van der Waals surface area contributed by atoms with Crippen LogP contribution in [0.3, 0.4) is 0 Å². The third kappa shape index (κ3) is 3.67. The number of aryl methyl sites for hydroxylation is 2.